The molecule has 2 aromatic rings. The zero-order valence-electron chi connectivity index (χ0n) is 16.8. The van der Waals surface area contributed by atoms with E-state index in [9.17, 15) is 9.59 Å². The molecule has 2 aromatic carbocycles. The fourth-order valence-electron chi connectivity index (χ4n) is 4.24. The van der Waals surface area contributed by atoms with Gasteiger partial charge in [0.05, 0.1) is 13.7 Å². The van der Waals surface area contributed by atoms with Crippen LogP contribution in [-0.4, -0.2) is 67.6 Å². The molecule has 0 bridgehead atoms. The number of amides is 1. The summed E-state index contributed by atoms with van der Waals surface area (Å²) in [6, 6.07) is 18.0. The first-order valence-electron chi connectivity index (χ1n) is 10.1. The number of nitrogens with zero attached hydrogens (tertiary/aromatic N) is 3. The number of anilines is 1. The van der Waals surface area contributed by atoms with Gasteiger partial charge in [0.15, 0.2) is 0 Å². The van der Waals surface area contributed by atoms with Crippen LogP contribution >= 0.6 is 0 Å². The number of para-hydroxylation sites is 1. The molecular weight excluding hydrogens is 366 g/mol. The first kappa shape index (κ1) is 19.5. The molecule has 6 nitrogen and oxygen atoms in total. The normalized spacial score (nSPS) is 19.6. The Labute approximate surface area is 171 Å². The summed E-state index contributed by atoms with van der Waals surface area (Å²) in [6.45, 7) is 3.85. The van der Waals surface area contributed by atoms with Crippen LogP contribution < -0.4 is 4.90 Å². The smallest absolute Gasteiger partial charge is 0.323 e. The van der Waals surface area contributed by atoms with E-state index in [0.29, 0.717) is 26.1 Å². The highest BCUT2D eigenvalue weighted by molar-refractivity contribution is 5.81. The van der Waals surface area contributed by atoms with Gasteiger partial charge in [-0.05, 0) is 29.7 Å². The average molecular weight is 393 g/mol. The predicted molar refractivity (Wildman–Crippen MR) is 112 cm³/mol. The van der Waals surface area contributed by atoms with Crippen LogP contribution in [0.5, 0.6) is 0 Å². The first-order valence-corrected chi connectivity index (χ1v) is 10.1. The van der Waals surface area contributed by atoms with Gasteiger partial charge in [-0.15, -0.1) is 0 Å². The van der Waals surface area contributed by atoms with Crippen LogP contribution in [0.4, 0.5) is 5.69 Å². The van der Waals surface area contributed by atoms with Gasteiger partial charge < -0.3 is 14.5 Å². The third kappa shape index (κ3) is 4.27. The van der Waals surface area contributed by atoms with Crippen LogP contribution in [0.25, 0.3) is 0 Å². The minimum absolute atomic E-state index is 0.0750. The number of carbonyl (C=O) groups is 2. The molecule has 2 aliphatic heterocycles. The Bertz CT molecular complexity index is 863. The van der Waals surface area contributed by atoms with Gasteiger partial charge in [-0.25, -0.2) is 0 Å². The summed E-state index contributed by atoms with van der Waals surface area (Å²) in [5.41, 5.74) is 3.52. The van der Waals surface area contributed by atoms with Crippen molar-refractivity contribution in [1.82, 2.24) is 9.80 Å². The maximum Gasteiger partial charge on any atom is 0.323 e. The van der Waals surface area contributed by atoms with E-state index < -0.39 is 6.04 Å². The highest BCUT2D eigenvalue weighted by atomic mass is 16.5. The molecule has 4 rings (SSSR count). The fourth-order valence-corrected chi connectivity index (χ4v) is 4.24. The average Bonchev–Trinajstić information content (AvgIpc) is 2.78. The zero-order valence-corrected chi connectivity index (χ0v) is 16.8. The second kappa shape index (κ2) is 8.66. The lowest BCUT2D eigenvalue weighted by Crippen LogP contribution is -2.54. The molecule has 152 valence electrons. The molecule has 2 aliphatic rings. The summed E-state index contributed by atoms with van der Waals surface area (Å²) in [5, 5.41) is 0. The van der Waals surface area contributed by atoms with Crippen LogP contribution in [-0.2, 0) is 27.3 Å². The summed E-state index contributed by atoms with van der Waals surface area (Å²) in [4.78, 5) is 31.5. The molecule has 2 heterocycles. The molecule has 6 heteroatoms. The molecule has 1 saturated heterocycles. The molecule has 29 heavy (non-hydrogen) atoms. The van der Waals surface area contributed by atoms with Gasteiger partial charge in [0.25, 0.3) is 0 Å². The van der Waals surface area contributed by atoms with E-state index >= 15 is 0 Å². The quantitative estimate of drug-likeness (QED) is 0.743. The second-order valence-corrected chi connectivity index (χ2v) is 7.62. The van der Waals surface area contributed by atoms with Crippen molar-refractivity contribution < 1.29 is 14.3 Å². The molecule has 0 aliphatic carbocycles. The van der Waals surface area contributed by atoms with E-state index in [2.05, 4.69) is 23.1 Å². The molecule has 1 amide bonds. The van der Waals surface area contributed by atoms with Gasteiger partial charge in [0.1, 0.15) is 6.04 Å². The summed E-state index contributed by atoms with van der Waals surface area (Å²) >= 11 is 0. The number of rotatable bonds is 4. The van der Waals surface area contributed by atoms with Crippen molar-refractivity contribution >= 4 is 17.6 Å². The Balaban J connectivity index is 1.40. The van der Waals surface area contributed by atoms with Gasteiger partial charge in [-0.1, -0.05) is 42.5 Å². The van der Waals surface area contributed by atoms with Gasteiger partial charge in [-0.3, -0.25) is 14.5 Å². The largest absolute Gasteiger partial charge is 0.468 e. The van der Waals surface area contributed by atoms with E-state index in [1.54, 1.807) is 0 Å². The highest BCUT2D eigenvalue weighted by Crippen LogP contribution is 2.24. The van der Waals surface area contributed by atoms with Crippen molar-refractivity contribution in [2.45, 2.75) is 19.0 Å². The maximum atomic E-state index is 13.0. The molecule has 1 fully saturated rings. The van der Waals surface area contributed by atoms with E-state index in [4.69, 9.17) is 4.74 Å². The van der Waals surface area contributed by atoms with Gasteiger partial charge in [-0.2, -0.15) is 0 Å². The number of methoxy groups -OCH3 is 1. The van der Waals surface area contributed by atoms with Gasteiger partial charge in [0.2, 0.25) is 5.91 Å². The Morgan fingerprint density at radius 2 is 1.59 bits per heavy atom. The van der Waals surface area contributed by atoms with Gasteiger partial charge in [0, 0.05) is 38.4 Å². The van der Waals surface area contributed by atoms with Crippen LogP contribution in [0.2, 0.25) is 0 Å². The maximum absolute atomic E-state index is 13.0. The van der Waals surface area contributed by atoms with Crippen molar-refractivity contribution in [2.75, 3.05) is 44.7 Å². The van der Waals surface area contributed by atoms with Crippen molar-refractivity contribution in [3.63, 3.8) is 0 Å². The highest BCUT2D eigenvalue weighted by Gasteiger charge is 2.34. The van der Waals surface area contributed by atoms with Crippen LogP contribution in [0.3, 0.4) is 0 Å². The zero-order chi connectivity index (χ0) is 20.2. The van der Waals surface area contributed by atoms with Crippen molar-refractivity contribution in [1.29, 1.82) is 0 Å². The van der Waals surface area contributed by atoms with Gasteiger partial charge >= 0.3 is 5.97 Å². The SMILES string of the molecule is COC(=O)[C@H]1Cc2ccccc2CN1CC(=O)N1CCN(c2ccccc2)CC1. The Morgan fingerprint density at radius 3 is 2.28 bits per heavy atom. The fraction of sp³-hybridized carbons (Fsp3) is 0.391. The number of carbonyl (C=O) groups excluding carboxylic acids is 2. The third-order valence-electron chi connectivity index (χ3n) is 5.91. The van der Waals surface area contributed by atoms with E-state index in [1.165, 1.54) is 18.4 Å². The minimum Gasteiger partial charge on any atom is -0.468 e. The lowest BCUT2D eigenvalue weighted by atomic mass is 9.94. The number of fused-ring (bicyclic) bond motifs is 1. The second-order valence-electron chi connectivity index (χ2n) is 7.62. The third-order valence-corrected chi connectivity index (χ3v) is 5.91. The number of piperazine rings is 1. The number of hydrogen-bond donors (Lipinski definition) is 0. The van der Waals surface area contributed by atoms with E-state index in [0.717, 1.165) is 18.7 Å². The monoisotopic (exact) mass is 393 g/mol. The predicted octanol–water partition coefficient (Wildman–Crippen LogP) is 1.94. The number of hydrogen-bond acceptors (Lipinski definition) is 5. The molecule has 0 unspecified atom stereocenters. The van der Waals surface area contributed by atoms with Crippen LogP contribution in [0, 0.1) is 0 Å². The summed E-state index contributed by atoms with van der Waals surface area (Å²) < 4.78 is 5.01. The van der Waals surface area contributed by atoms with Crippen LogP contribution in [0.1, 0.15) is 11.1 Å². The lowest BCUT2D eigenvalue weighted by molar-refractivity contribution is -0.149. The standard InChI is InChI=1S/C23H27N3O3/c1-29-23(28)21-15-18-7-5-6-8-19(18)16-26(21)17-22(27)25-13-11-24(12-14-25)20-9-3-2-4-10-20/h2-10,21H,11-17H2,1H3/t21-/m1/s1. The summed E-state index contributed by atoms with van der Waals surface area (Å²) in [6.07, 6.45) is 0.581. The summed E-state index contributed by atoms with van der Waals surface area (Å²) in [7, 11) is 1.41. The number of benzene rings is 2. The minimum atomic E-state index is -0.413. The number of esters is 1. The molecular formula is C23H27N3O3. The Hall–Kier alpha value is -2.86. The molecule has 0 saturated carbocycles. The molecule has 0 N–H and O–H groups in total. The lowest BCUT2D eigenvalue weighted by Gasteiger charge is -2.39. The molecule has 0 spiro atoms. The first-order chi connectivity index (χ1) is 14.2. The van der Waals surface area contributed by atoms with Crippen LogP contribution in [0.15, 0.2) is 54.6 Å². The molecule has 0 aromatic heterocycles. The molecule has 0 radical (unpaired) electrons. The van der Waals surface area contributed by atoms with E-state index in [1.807, 2.05) is 46.2 Å². The van der Waals surface area contributed by atoms with Crippen molar-refractivity contribution in [3.05, 3.63) is 65.7 Å². The Kier molecular flexibility index (Phi) is 5.81. The van der Waals surface area contributed by atoms with E-state index in [-0.39, 0.29) is 18.4 Å². The van der Waals surface area contributed by atoms with Crippen molar-refractivity contribution in [2.24, 2.45) is 0 Å². The molecule has 1 atom stereocenters. The number of ether oxygens (including phenoxy) is 1. The summed E-state index contributed by atoms with van der Waals surface area (Å²) in [5.74, 6) is -0.202. The van der Waals surface area contributed by atoms with Crippen molar-refractivity contribution in [3.8, 4) is 0 Å². The Morgan fingerprint density at radius 1 is 0.931 bits per heavy atom. The topological polar surface area (TPSA) is 53.1 Å².